The summed E-state index contributed by atoms with van der Waals surface area (Å²) in [7, 11) is 0. The number of carbonyl (C=O) groups excluding carboxylic acids is 2. The standard InChI is InChI=1S/C19H28N2O3S/c1-3-12-25-13-4-9-20-18(22)7-8-19(23)21-10-11-24-17-6-5-15(2)14-16(17)21/h5-6,14H,3-4,7-13H2,1-2H3,(H,20,22). The molecule has 0 aromatic heterocycles. The quantitative estimate of drug-likeness (QED) is 0.684. The summed E-state index contributed by atoms with van der Waals surface area (Å²) in [6, 6.07) is 5.83. The van der Waals surface area contributed by atoms with E-state index in [-0.39, 0.29) is 24.7 Å². The molecule has 0 spiro atoms. The average molecular weight is 365 g/mol. The highest BCUT2D eigenvalue weighted by molar-refractivity contribution is 7.99. The van der Waals surface area contributed by atoms with Gasteiger partial charge in [-0.25, -0.2) is 0 Å². The van der Waals surface area contributed by atoms with Gasteiger partial charge in [0, 0.05) is 19.4 Å². The number of carbonyl (C=O) groups is 2. The van der Waals surface area contributed by atoms with Crippen molar-refractivity contribution in [1.29, 1.82) is 0 Å². The molecule has 0 aliphatic carbocycles. The van der Waals surface area contributed by atoms with Gasteiger partial charge in [-0.2, -0.15) is 11.8 Å². The van der Waals surface area contributed by atoms with Crippen LogP contribution in [0.15, 0.2) is 18.2 Å². The van der Waals surface area contributed by atoms with Gasteiger partial charge in [0.15, 0.2) is 0 Å². The molecular weight excluding hydrogens is 336 g/mol. The molecule has 1 aliphatic rings. The van der Waals surface area contributed by atoms with Gasteiger partial charge in [0.1, 0.15) is 12.4 Å². The van der Waals surface area contributed by atoms with E-state index in [0.717, 1.165) is 29.2 Å². The molecule has 1 aromatic rings. The first-order valence-corrected chi connectivity index (χ1v) is 10.2. The number of ether oxygens (including phenoxy) is 1. The second-order valence-corrected chi connectivity index (χ2v) is 7.41. The van der Waals surface area contributed by atoms with Crippen molar-refractivity contribution in [2.75, 3.05) is 36.1 Å². The molecule has 25 heavy (non-hydrogen) atoms. The zero-order chi connectivity index (χ0) is 18.1. The maximum atomic E-state index is 12.5. The number of aryl methyl sites for hydroxylation is 1. The van der Waals surface area contributed by atoms with E-state index >= 15 is 0 Å². The van der Waals surface area contributed by atoms with Crippen LogP contribution >= 0.6 is 11.8 Å². The van der Waals surface area contributed by atoms with Gasteiger partial charge in [-0.15, -0.1) is 0 Å². The van der Waals surface area contributed by atoms with Gasteiger partial charge < -0.3 is 15.0 Å². The van der Waals surface area contributed by atoms with E-state index in [1.54, 1.807) is 4.90 Å². The first-order chi connectivity index (χ1) is 12.1. The number of thioether (sulfide) groups is 1. The molecular formula is C19H28N2O3S. The number of hydrogen-bond donors (Lipinski definition) is 1. The van der Waals surface area contributed by atoms with Crippen LogP contribution in [0, 0.1) is 6.92 Å². The van der Waals surface area contributed by atoms with Gasteiger partial charge in [0.05, 0.1) is 12.2 Å². The number of hydrogen-bond acceptors (Lipinski definition) is 4. The summed E-state index contributed by atoms with van der Waals surface area (Å²) in [5.74, 6) is 2.90. The lowest BCUT2D eigenvalue weighted by Crippen LogP contribution is -2.38. The summed E-state index contributed by atoms with van der Waals surface area (Å²) in [4.78, 5) is 26.2. The van der Waals surface area contributed by atoms with Gasteiger partial charge in [0.2, 0.25) is 11.8 Å². The summed E-state index contributed by atoms with van der Waals surface area (Å²) in [5, 5.41) is 2.90. The highest BCUT2D eigenvalue weighted by atomic mass is 32.2. The molecule has 1 N–H and O–H groups in total. The van der Waals surface area contributed by atoms with E-state index in [0.29, 0.717) is 19.7 Å². The minimum atomic E-state index is -0.0495. The highest BCUT2D eigenvalue weighted by Crippen LogP contribution is 2.32. The lowest BCUT2D eigenvalue weighted by Gasteiger charge is -2.29. The van der Waals surface area contributed by atoms with Crippen molar-refractivity contribution in [3.05, 3.63) is 23.8 Å². The van der Waals surface area contributed by atoms with Gasteiger partial charge >= 0.3 is 0 Å². The van der Waals surface area contributed by atoms with Gasteiger partial charge in [0.25, 0.3) is 0 Å². The third kappa shape index (κ3) is 6.27. The van der Waals surface area contributed by atoms with Crippen LogP contribution < -0.4 is 15.0 Å². The fourth-order valence-electron chi connectivity index (χ4n) is 2.68. The highest BCUT2D eigenvalue weighted by Gasteiger charge is 2.23. The maximum Gasteiger partial charge on any atom is 0.227 e. The van der Waals surface area contributed by atoms with Crippen LogP contribution in [0.4, 0.5) is 5.69 Å². The molecule has 1 aliphatic heterocycles. The third-order valence-corrected chi connectivity index (χ3v) is 5.26. The molecule has 0 radical (unpaired) electrons. The third-order valence-electron chi connectivity index (χ3n) is 3.98. The van der Waals surface area contributed by atoms with Crippen LogP contribution in [-0.4, -0.2) is 43.0 Å². The van der Waals surface area contributed by atoms with Crippen LogP contribution in [0.3, 0.4) is 0 Å². The topological polar surface area (TPSA) is 58.6 Å². The van der Waals surface area contributed by atoms with Crippen LogP contribution in [0.1, 0.15) is 38.2 Å². The van der Waals surface area contributed by atoms with Crippen LogP contribution in [0.5, 0.6) is 5.75 Å². The Hall–Kier alpha value is -1.69. The predicted octanol–water partition coefficient (Wildman–Crippen LogP) is 3.15. The molecule has 138 valence electrons. The number of nitrogens with one attached hydrogen (secondary N) is 1. The second kappa shape index (κ2) is 10.3. The molecule has 6 heteroatoms. The molecule has 0 saturated carbocycles. The van der Waals surface area contributed by atoms with Crippen molar-refractivity contribution >= 4 is 29.3 Å². The Balaban J connectivity index is 1.74. The summed E-state index contributed by atoms with van der Waals surface area (Å²) in [5.41, 5.74) is 1.89. The van der Waals surface area contributed by atoms with Crippen LogP contribution in [0.25, 0.3) is 0 Å². The maximum absolute atomic E-state index is 12.5. The number of amides is 2. The van der Waals surface area contributed by atoms with E-state index < -0.39 is 0 Å². The molecule has 5 nitrogen and oxygen atoms in total. The molecule has 0 saturated heterocycles. The fraction of sp³-hybridized carbons (Fsp3) is 0.579. The zero-order valence-electron chi connectivity index (χ0n) is 15.2. The predicted molar refractivity (Wildman–Crippen MR) is 104 cm³/mol. The van der Waals surface area contributed by atoms with Crippen molar-refractivity contribution in [3.8, 4) is 5.75 Å². The minimum absolute atomic E-state index is 0.0243. The molecule has 1 aromatic carbocycles. The molecule has 2 amide bonds. The van der Waals surface area contributed by atoms with Crippen LogP contribution in [0.2, 0.25) is 0 Å². The smallest absolute Gasteiger partial charge is 0.227 e. The van der Waals surface area contributed by atoms with E-state index in [1.165, 1.54) is 12.2 Å². The Morgan fingerprint density at radius 3 is 2.92 bits per heavy atom. The molecule has 0 unspecified atom stereocenters. The van der Waals surface area contributed by atoms with E-state index in [4.69, 9.17) is 4.74 Å². The van der Waals surface area contributed by atoms with Crippen LogP contribution in [-0.2, 0) is 9.59 Å². The van der Waals surface area contributed by atoms with Crippen molar-refractivity contribution in [2.24, 2.45) is 0 Å². The molecule has 2 rings (SSSR count). The summed E-state index contributed by atoms with van der Waals surface area (Å²) < 4.78 is 5.60. The van der Waals surface area contributed by atoms with E-state index in [2.05, 4.69) is 12.2 Å². The summed E-state index contributed by atoms with van der Waals surface area (Å²) in [6.07, 6.45) is 2.62. The SMILES string of the molecule is CCCSCCCNC(=O)CCC(=O)N1CCOc2ccc(C)cc21. The Kier molecular flexibility index (Phi) is 8.12. The lowest BCUT2D eigenvalue weighted by atomic mass is 10.1. The zero-order valence-corrected chi connectivity index (χ0v) is 16.0. The Labute approximate surface area is 154 Å². The van der Waals surface area contributed by atoms with Crippen molar-refractivity contribution in [3.63, 3.8) is 0 Å². The average Bonchev–Trinajstić information content (AvgIpc) is 2.62. The van der Waals surface area contributed by atoms with Gasteiger partial charge in [-0.1, -0.05) is 13.0 Å². The van der Waals surface area contributed by atoms with Crippen molar-refractivity contribution in [2.45, 2.75) is 39.5 Å². The number of nitrogens with zero attached hydrogens (tertiary/aromatic N) is 1. The normalized spacial score (nSPS) is 13.1. The molecule has 0 atom stereocenters. The monoisotopic (exact) mass is 364 g/mol. The fourth-order valence-corrected chi connectivity index (χ4v) is 3.52. The van der Waals surface area contributed by atoms with Crippen molar-refractivity contribution in [1.82, 2.24) is 5.32 Å². The first kappa shape index (κ1) is 19.6. The lowest BCUT2D eigenvalue weighted by molar-refractivity contribution is -0.125. The summed E-state index contributed by atoms with van der Waals surface area (Å²) in [6.45, 7) is 5.86. The Morgan fingerprint density at radius 2 is 2.12 bits per heavy atom. The van der Waals surface area contributed by atoms with Crippen molar-refractivity contribution < 1.29 is 14.3 Å². The van der Waals surface area contributed by atoms with E-state index in [1.807, 2.05) is 36.9 Å². The molecule has 0 fully saturated rings. The van der Waals surface area contributed by atoms with Gasteiger partial charge in [-0.3, -0.25) is 9.59 Å². The second-order valence-electron chi connectivity index (χ2n) is 6.18. The minimum Gasteiger partial charge on any atom is -0.490 e. The Morgan fingerprint density at radius 1 is 1.28 bits per heavy atom. The number of rotatable bonds is 9. The first-order valence-electron chi connectivity index (χ1n) is 9.00. The van der Waals surface area contributed by atoms with E-state index in [9.17, 15) is 9.59 Å². The molecule has 0 bridgehead atoms. The number of fused-ring (bicyclic) bond motifs is 1. The number of anilines is 1. The van der Waals surface area contributed by atoms with Gasteiger partial charge in [-0.05, 0) is 49.0 Å². The Bertz CT molecular complexity index is 592. The largest absolute Gasteiger partial charge is 0.490 e. The number of benzene rings is 1. The molecule has 1 heterocycles. The summed E-state index contributed by atoms with van der Waals surface area (Å²) >= 11 is 1.91.